The van der Waals surface area contributed by atoms with Crippen molar-refractivity contribution < 1.29 is 4.79 Å². The molecule has 136 valence electrons. The summed E-state index contributed by atoms with van der Waals surface area (Å²) >= 11 is 7.44. The van der Waals surface area contributed by atoms with Crippen molar-refractivity contribution in [2.24, 2.45) is 0 Å². The van der Waals surface area contributed by atoms with Crippen LogP contribution in [0.5, 0.6) is 0 Å². The molecule has 0 aliphatic heterocycles. The van der Waals surface area contributed by atoms with Crippen molar-refractivity contribution in [2.45, 2.75) is 0 Å². The number of aromatic nitrogens is 1. The van der Waals surface area contributed by atoms with E-state index < -0.39 is 0 Å². The van der Waals surface area contributed by atoms with Gasteiger partial charge in [-0.1, -0.05) is 90.5 Å². The maximum atomic E-state index is 12.7. The minimum Gasteiger partial charge on any atom is -0.287 e. The zero-order valence-electron chi connectivity index (χ0n) is 14.9. The average Bonchev–Trinajstić information content (AvgIpc) is 3.19. The Morgan fingerprint density at radius 3 is 2.14 bits per heavy atom. The van der Waals surface area contributed by atoms with Gasteiger partial charge in [0.15, 0.2) is 5.01 Å². The van der Waals surface area contributed by atoms with Gasteiger partial charge in [0.2, 0.25) is 5.78 Å². The summed E-state index contributed by atoms with van der Waals surface area (Å²) in [6, 6.07) is 27.3. The number of hydrogen-bond donors (Lipinski definition) is 0. The van der Waals surface area contributed by atoms with E-state index >= 15 is 0 Å². The highest BCUT2D eigenvalue weighted by Crippen LogP contribution is 2.37. The van der Waals surface area contributed by atoms with E-state index in [2.05, 4.69) is 4.98 Å². The van der Waals surface area contributed by atoms with Gasteiger partial charge >= 0.3 is 0 Å². The number of halogens is 1. The predicted octanol–water partition coefficient (Wildman–Crippen LogP) is 7.03. The van der Waals surface area contributed by atoms with Crippen LogP contribution in [0, 0.1) is 0 Å². The van der Waals surface area contributed by atoms with Crippen LogP contribution in [0.1, 0.15) is 15.4 Å². The van der Waals surface area contributed by atoms with E-state index in [9.17, 15) is 4.79 Å². The van der Waals surface area contributed by atoms with Crippen LogP contribution in [0.3, 0.4) is 0 Å². The van der Waals surface area contributed by atoms with Gasteiger partial charge in [-0.3, -0.25) is 4.79 Å². The lowest BCUT2D eigenvalue weighted by atomic mass is 10.1. The van der Waals surface area contributed by atoms with Crippen LogP contribution in [0.4, 0.5) is 0 Å². The molecule has 4 heteroatoms. The van der Waals surface area contributed by atoms with Crippen molar-refractivity contribution in [1.82, 2.24) is 4.98 Å². The zero-order valence-corrected chi connectivity index (χ0v) is 16.5. The molecular weight excluding hydrogens is 386 g/mol. The molecule has 0 saturated carbocycles. The van der Waals surface area contributed by atoms with Crippen LogP contribution in [-0.2, 0) is 0 Å². The molecule has 0 saturated heterocycles. The first-order valence-corrected chi connectivity index (χ1v) is 10.00. The summed E-state index contributed by atoms with van der Waals surface area (Å²) in [7, 11) is 0. The van der Waals surface area contributed by atoms with Gasteiger partial charge < -0.3 is 0 Å². The van der Waals surface area contributed by atoms with Gasteiger partial charge in [0.1, 0.15) is 0 Å². The number of ketones is 1. The highest BCUT2D eigenvalue weighted by Gasteiger charge is 2.18. The number of benzene rings is 3. The molecule has 0 unspecified atom stereocenters. The van der Waals surface area contributed by atoms with Crippen molar-refractivity contribution in [1.29, 1.82) is 0 Å². The first kappa shape index (κ1) is 18.4. The Hall–Kier alpha value is -3.01. The average molecular weight is 402 g/mol. The fourth-order valence-electron chi connectivity index (χ4n) is 2.82. The molecular formula is C24H16ClNOS. The van der Waals surface area contributed by atoms with Gasteiger partial charge in [-0.25, -0.2) is 4.98 Å². The van der Waals surface area contributed by atoms with E-state index in [1.54, 1.807) is 6.08 Å². The highest BCUT2D eigenvalue weighted by molar-refractivity contribution is 7.17. The molecule has 0 amide bonds. The molecule has 0 spiro atoms. The number of nitrogens with zero attached hydrogens (tertiary/aromatic N) is 1. The Kier molecular flexibility index (Phi) is 5.47. The number of carbonyl (C=O) groups is 1. The van der Waals surface area contributed by atoms with Gasteiger partial charge in [-0.15, -0.1) is 11.3 Å². The van der Waals surface area contributed by atoms with Gasteiger partial charge in [-0.05, 0) is 29.3 Å². The standard InChI is InChI=1S/C24H16ClNOS/c25-20-14-12-19(13-15-20)23-22(18-9-5-2-6-10-18)26-24(28-23)21(27)16-11-17-7-3-1-4-8-17/h1-16H. The number of thiazole rings is 1. The summed E-state index contributed by atoms with van der Waals surface area (Å²) < 4.78 is 0. The van der Waals surface area contributed by atoms with Crippen molar-refractivity contribution >= 4 is 34.8 Å². The first-order chi connectivity index (χ1) is 13.7. The summed E-state index contributed by atoms with van der Waals surface area (Å²) in [4.78, 5) is 18.4. The van der Waals surface area contributed by atoms with E-state index in [0.29, 0.717) is 10.0 Å². The van der Waals surface area contributed by atoms with Crippen LogP contribution in [0.2, 0.25) is 5.02 Å². The van der Waals surface area contributed by atoms with Gasteiger partial charge in [-0.2, -0.15) is 0 Å². The van der Waals surface area contributed by atoms with Crippen LogP contribution in [0.25, 0.3) is 27.8 Å². The van der Waals surface area contributed by atoms with E-state index in [1.165, 1.54) is 11.3 Å². The van der Waals surface area contributed by atoms with E-state index in [0.717, 1.165) is 27.3 Å². The lowest BCUT2D eigenvalue weighted by Gasteiger charge is -2.02. The Morgan fingerprint density at radius 2 is 1.46 bits per heavy atom. The second-order valence-corrected chi connectivity index (χ2v) is 7.61. The van der Waals surface area contributed by atoms with Gasteiger partial charge in [0, 0.05) is 10.6 Å². The Labute approximate surface area is 172 Å². The van der Waals surface area contributed by atoms with Gasteiger partial charge in [0.25, 0.3) is 0 Å². The van der Waals surface area contributed by atoms with Crippen LogP contribution in [-0.4, -0.2) is 10.8 Å². The number of hydrogen-bond acceptors (Lipinski definition) is 3. The molecule has 0 atom stereocenters. The predicted molar refractivity (Wildman–Crippen MR) is 118 cm³/mol. The zero-order chi connectivity index (χ0) is 19.3. The number of carbonyl (C=O) groups excluding carboxylic acids is 1. The smallest absolute Gasteiger partial charge is 0.214 e. The Morgan fingerprint density at radius 1 is 0.821 bits per heavy atom. The van der Waals surface area contributed by atoms with Crippen molar-refractivity contribution in [3.05, 3.63) is 107 Å². The van der Waals surface area contributed by atoms with E-state index in [1.807, 2.05) is 91.0 Å². The third kappa shape index (κ3) is 4.11. The lowest BCUT2D eigenvalue weighted by Crippen LogP contribution is -1.93. The fraction of sp³-hybridized carbons (Fsp3) is 0. The molecule has 4 rings (SSSR count). The molecule has 3 aromatic carbocycles. The molecule has 0 aliphatic rings. The lowest BCUT2D eigenvalue weighted by molar-refractivity contribution is 0.104. The maximum Gasteiger partial charge on any atom is 0.214 e. The molecule has 0 fully saturated rings. The number of allylic oxidation sites excluding steroid dienone is 1. The molecule has 1 aromatic heterocycles. The van der Waals surface area contributed by atoms with Crippen LogP contribution < -0.4 is 0 Å². The summed E-state index contributed by atoms with van der Waals surface area (Å²) in [5, 5.41) is 1.15. The molecule has 0 radical (unpaired) electrons. The minimum atomic E-state index is -0.105. The molecule has 4 aromatic rings. The topological polar surface area (TPSA) is 30.0 Å². The van der Waals surface area contributed by atoms with Crippen LogP contribution in [0.15, 0.2) is 91.0 Å². The van der Waals surface area contributed by atoms with Crippen molar-refractivity contribution in [3.8, 4) is 21.7 Å². The van der Waals surface area contributed by atoms with Crippen molar-refractivity contribution in [2.75, 3.05) is 0 Å². The molecule has 0 aliphatic carbocycles. The first-order valence-electron chi connectivity index (χ1n) is 8.80. The normalized spacial score (nSPS) is 11.0. The minimum absolute atomic E-state index is 0.105. The van der Waals surface area contributed by atoms with Crippen LogP contribution >= 0.6 is 22.9 Å². The summed E-state index contributed by atoms with van der Waals surface area (Å²) in [5.74, 6) is -0.105. The maximum absolute atomic E-state index is 12.7. The summed E-state index contributed by atoms with van der Waals surface area (Å²) in [6.45, 7) is 0. The third-order valence-corrected chi connectivity index (χ3v) is 5.59. The Balaban J connectivity index is 1.74. The van der Waals surface area contributed by atoms with Gasteiger partial charge in [0.05, 0.1) is 10.6 Å². The highest BCUT2D eigenvalue weighted by atomic mass is 35.5. The summed E-state index contributed by atoms with van der Waals surface area (Å²) in [5.41, 5.74) is 3.76. The second-order valence-electron chi connectivity index (χ2n) is 6.18. The fourth-order valence-corrected chi connectivity index (χ4v) is 3.96. The molecule has 28 heavy (non-hydrogen) atoms. The van der Waals surface area contributed by atoms with E-state index in [4.69, 9.17) is 11.6 Å². The van der Waals surface area contributed by atoms with Crippen molar-refractivity contribution in [3.63, 3.8) is 0 Å². The monoisotopic (exact) mass is 401 g/mol. The molecule has 0 bridgehead atoms. The molecule has 0 N–H and O–H groups in total. The van der Waals surface area contributed by atoms with E-state index in [-0.39, 0.29) is 5.78 Å². The summed E-state index contributed by atoms with van der Waals surface area (Å²) in [6.07, 6.45) is 3.39. The largest absolute Gasteiger partial charge is 0.287 e. The Bertz CT molecular complexity index is 1120. The quantitative estimate of drug-likeness (QED) is 0.265. The molecule has 2 nitrogen and oxygen atoms in total. The molecule has 1 heterocycles. The SMILES string of the molecule is O=C(C=Cc1ccccc1)c1nc(-c2ccccc2)c(-c2ccc(Cl)cc2)s1. The third-order valence-electron chi connectivity index (χ3n) is 4.22. The number of rotatable bonds is 5. The second kappa shape index (κ2) is 8.34.